The standard InChI is InChI=1S/C11H18N2O/c1-4-9(2)13-10(14)11(3)6-5-7-12-8-11/h1,9,12H,5-8H2,2-3H3,(H,13,14). The number of piperidine rings is 1. The van der Waals surface area contributed by atoms with Crippen LogP contribution in [0.1, 0.15) is 26.7 Å². The molecular weight excluding hydrogens is 176 g/mol. The fraction of sp³-hybridized carbons (Fsp3) is 0.727. The van der Waals surface area contributed by atoms with Crippen LogP contribution in [0, 0.1) is 17.8 Å². The minimum Gasteiger partial charge on any atom is -0.342 e. The van der Waals surface area contributed by atoms with Gasteiger partial charge in [-0.1, -0.05) is 5.92 Å². The van der Waals surface area contributed by atoms with Gasteiger partial charge in [0.25, 0.3) is 0 Å². The van der Waals surface area contributed by atoms with E-state index in [0.29, 0.717) is 0 Å². The molecule has 78 valence electrons. The highest BCUT2D eigenvalue weighted by atomic mass is 16.2. The Kier molecular flexibility index (Phi) is 3.54. The number of carbonyl (C=O) groups excluding carboxylic acids is 1. The lowest BCUT2D eigenvalue weighted by Crippen LogP contribution is -2.50. The molecule has 0 radical (unpaired) electrons. The molecule has 14 heavy (non-hydrogen) atoms. The quantitative estimate of drug-likeness (QED) is 0.629. The number of carbonyl (C=O) groups is 1. The van der Waals surface area contributed by atoms with Crippen molar-refractivity contribution < 1.29 is 4.79 Å². The summed E-state index contributed by atoms with van der Waals surface area (Å²) in [4.78, 5) is 11.8. The third-order valence-corrected chi connectivity index (χ3v) is 2.74. The van der Waals surface area contributed by atoms with Gasteiger partial charge in [-0.25, -0.2) is 0 Å². The Labute approximate surface area is 85.6 Å². The summed E-state index contributed by atoms with van der Waals surface area (Å²) in [7, 11) is 0. The van der Waals surface area contributed by atoms with Gasteiger partial charge in [0.15, 0.2) is 0 Å². The van der Waals surface area contributed by atoms with Gasteiger partial charge in [0.1, 0.15) is 0 Å². The van der Waals surface area contributed by atoms with E-state index in [-0.39, 0.29) is 17.4 Å². The van der Waals surface area contributed by atoms with Crippen LogP contribution in [0.3, 0.4) is 0 Å². The Morgan fingerprint density at radius 2 is 2.43 bits per heavy atom. The second kappa shape index (κ2) is 4.47. The first kappa shape index (κ1) is 11.1. The first-order chi connectivity index (χ1) is 6.58. The van der Waals surface area contributed by atoms with Gasteiger partial charge >= 0.3 is 0 Å². The summed E-state index contributed by atoms with van der Waals surface area (Å²) in [6.07, 6.45) is 7.20. The number of hydrogen-bond acceptors (Lipinski definition) is 2. The lowest BCUT2D eigenvalue weighted by Gasteiger charge is -2.33. The molecule has 1 aliphatic rings. The predicted molar refractivity (Wildman–Crippen MR) is 56.6 cm³/mol. The van der Waals surface area contributed by atoms with Crippen molar-refractivity contribution in [2.45, 2.75) is 32.7 Å². The molecule has 1 amide bonds. The van der Waals surface area contributed by atoms with Crippen molar-refractivity contribution in [2.24, 2.45) is 5.41 Å². The molecule has 0 aromatic rings. The molecule has 1 heterocycles. The monoisotopic (exact) mass is 194 g/mol. The second-order valence-corrected chi connectivity index (χ2v) is 4.20. The first-order valence-corrected chi connectivity index (χ1v) is 5.06. The number of hydrogen-bond donors (Lipinski definition) is 2. The Balaban J connectivity index is 2.54. The molecule has 1 rings (SSSR count). The highest BCUT2D eigenvalue weighted by molar-refractivity contribution is 5.83. The van der Waals surface area contributed by atoms with Gasteiger partial charge < -0.3 is 10.6 Å². The smallest absolute Gasteiger partial charge is 0.228 e. The number of rotatable bonds is 2. The summed E-state index contributed by atoms with van der Waals surface area (Å²) in [5.74, 6) is 2.56. The summed E-state index contributed by atoms with van der Waals surface area (Å²) < 4.78 is 0. The number of amides is 1. The summed E-state index contributed by atoms with van der Waals surface area (Å²) in [6.45, 7) is 5.55. The second-order valence-electron chi connectivity index (χ2n) is 4.20. The minimum absolute atomic E-state index is 0.0650. The van der Waals surface area contributed by atoms with E-state index >= 15 is 0 Å². The van der Waals surface area contributed by atoms with Gasteiger partial charge in [-0.3, -0.25) is 4.79 Å². The maximum Gasteiger partial charge on any atom is 0.228 e. The maximum absolute atomic E-state index is 11.8. The van der Waals surface area contributed by atoms with Crippen molar-refractivity contribution in [1.29, 1.82) is 0 Å². The molecule has 1 fully saturated rings. The highest BCUT2D eigenvalue weighted by Gasteiger charge is 2.34. The minimum atomic E-state index is -0.288. The van der Waals surface area contributed by atoms with Crippen molar-refractivity contribution in [3.05, 3.63) is 0 Å². The van der Waals surface area contributed by atoms with Crippen molar-refractivity contribution in [2.75, 3.05) is 13.1 Å². The summed E-state index contributed by atoms with van der Waals surface area (Å²) >= 11 is 0. The van der Waals surface area contributed by atoms with Crippen LogP contribution in [-0.2, 0) is 4.79 Å². The number of nitrogens with one attached hydrogen (secondary N) is 2. The molecule has 0 aromatic heterocycles. The van der Waals surface area contributed by atoms with Gasteiger partial charge in [0.05, 0.1) is 11.5 Å². The van der Waals surface area contributed by atoms with Crippen LogP contribution in [0.25, 0.3) is 0 Å². The summed E-state index contributed by atoms with van der Waals surface area (Å²) in [5, 5.41) is 6.06. The predicted octanol–water partition coefficient (Wildman–Crippen LogP) is 0.514. The van der Waals surface area contributed by atoms with E-state index < -0.39 is 0 Å². The Hall–Kier alpha value is -1.01. The van der Waals surface area contributed by atoms with E-state index in [0.717, 1.165) is 25.9 Å². The third-order valence-electron chi connectivity index (χ3n) is 2.74. The lowest BCUT2D eigenvalue weighted by molar-refractivity contribution is -0.131. The van der Waals surface area contributed by atoms with E-state index in [4.69, 9.17) is 6.42 Å². The van der Waals surface area contributed by atoms with Crippen molar-refractivity contribution >= 4 is 5.91 Å². The van der Waals surface area contributed by atoms with E-state index in [9.17, 15) is 4.79 Å². The molecule has 1 saturated heterocycles. The molecule has 0 aromatic carbocycles. The SMILES string of the molecule is C#CC(C)NC(=O)C1(C)CCCNC1. The van der Waals surface area contributed by atoms with Crippen LogP contribution < -0.4 is 10.6 Å². The molecule has 2 unspecified atom stereocenters. The zero-order chi connectivity index (χ0) is 10.6. The van der Waals surface area contributed by atoms with Crippen LogP contribution in [-0.4, -0.2) is 25.0 Å². The molecule has 0 saturated carbocycles. The zero-order valence-electron chi connectivity index (χ0n) is 8.89. The zero-order valence-corrected chi connectivity index (χ0v) is 8.89. The van der Waals surface area contributed by atoms with E-state index in [1.54, 1.807) is 0 Å². The normalized spacial score (nSPS) is 28.9. The summed E-state index contributed by atoms with van der Waals surface area (Å²) in [5.41, 5.74) is -0.288. The average Bonchev–Trinajstić information content (AvgIpc) is 2.18. The van der Waals surface area contributed by atoms with Crippen molar-refractivity contribution in [1.82, 2.24) is 10.6 Å². The molecule has 2 atom stereocenters. The molecule has 3 nitrogen and oxygen atoms in total. The van der Waals surface area contributed by atoms with Crippen molar-refractivity contribution in [3.63, 3.8) is 0 Å². The fourth-order valence-electron chi connectivity index (χ4n) is 1.66. The highest BCUT2D eigenvalue weighted by Crippen LogP contribution is 2.25. The van der Waals surface area contributed by atoms with E-state index in [1.807, 2.05) is 13.8 Å². The van der Waals surface area contributed by atoms with Crippen LogP contribution in [0.5, 0.6) is 0 Å². The van der Waals surface area contributed by atoms with Crippen LogP contribution in [0.2, 0.25) is 0 Å². The molecule has 0 spiro atoms. The molecule has 0 aliphatic carbocycles. The molecule has 2 N–H and O–H groups in total. The molecule has 1 aliphatic heterocycles. The van der Waals surface area contributed by atoms with Gasteiger partial charge in [0.2, 0.25) is 5.91 Å². The van der Waals surface area contributed by atoms with Crippen molar-refractivity contribution in [3.8, 4) is 12.3 Å². The van der Waals surface area contributed by atoms with E-state index in [1.165, 1.54) is 0 Å². The van der Waals surface area contributed by atoms with Gasteiger partial charge in [-0.2, -0.15) is 0 Å². The maximum atomic E-state index is 11.8. The molecular formula is C11H18N2O. The van der Waals surface area contributed by atoms with Crippen LogP contribution in [0.15, 0.2) is 0 Å². The third kappa shape index (κ3) is 2.49. The van der Waals surface area contributed by atoms with Gasteiger partial charge in [-0.05, 0) is 33.2 Å². The topological polar surface area (TPSA) is 41.1 Å². The average molecular weight is 194 g/mol. The van der Waals surface area contributed by atoms with Crippen LogP contribution in [0.4, 0.5) is 0 Å². The fourth-order valence-corrected chi connectivity index (χ4v) is 1.66. The van der Waals surface area contributed by atoms with Gasteiger partial charge in [0, 0.05) is 6.54 Å². The Morgan fingerprint density at radius 1 is 1.71 bits per heavy atom. The number of terminal acetylenes is 1. The molecule has 3 heteroatoms. The largest absolute Gasteiger partial charge is 0.342 e. The first-order valence-electron chi connectivity index (χ1n) is 5.06. The van der Waals surface area contributed by atoms with Gasteiger partial charge in [-0.15, -0.1) is 6.42 Å². The molecule has 0 bridgehead atoms. The lowest BCUT2D eigenvalue weighted by atomic mass is 9.82. The summed E-state index contributed by atoms with van der Waals surface area (Å²) in [6, 6.07) is -0.179. The van der Waals surface area contributed by atoms with Crippen LogP contribution >= 0.6 is 0 Å². The Morgan fingerprint density at radius 3 is 2.93 bits per heavy atom. The van der Waals surface area contributed by atoms with E-state index in [2.05, 4.69) is 16.6 Å². The Bertz CT molecular complexity index is 249.